The van der Waals surface area contributed by atoms with E-state index >= 15 is 0 Å². The van der Waals surface area contributed by atoms with E-state index in [0.717, 1.165) is 5.39 Å². The van der Waals surface area contributed by atoms with Crippen molar-refractivity contribution in [2.24, 2.45) is 0 Å². The first-order chi connectivity index (χ1) is 12.6. The molecule has 0 saturated heterocycles. The number of methoxy groups -OCH3 is 1. The second-order valence-corrected chi connectivity index (χ2v) is 5.90. The molecule has 3 rings (SSSR count). The highest BCUT2D eigenvalue weighted by molar-refractivity contribution is 6.33. The summed E-state index contributed by atoms with van der Waals surface area (Å²) in [5.41, 5.74) is 1.76. The van der Waals surface area contributed by atoms with E-state index in [2.05, 4.69) is 5.32 Å². The lowest BCUT2D eigenvalue weighted by atomic mass is 10.1. The fourth-order valence-corrected chi connectivity index (χ4v) is 2.61. The molecular formula is C19H16ClNO5. The Kier molecular flexibility index (Phi) is 5.43. The van der Waals surface area contributed by atoms with Gasteiger partial charge < -0.3 is 19.2 Å². The molecule has 134 valence electrons. The number of rotatable bonds is 6. The second-order valence-electron chi connectivity index (χ2n) is 5.49. The normalized spacial score (nSPS) is 10.5. The van der Waals surface area contributed by atoms with Gasteiger partial charge in [-0.1, -0.05) is 23.7 Å². The average Bonchev–Trinajstić information content (AvgIpc) is 3.04. The number of hydrogen-bond acceptors (Lipinski definition) is 5. The summed E-state index contributed by atoms with van der Waals surface area (Å²) in [5, 5.41) is 3.79. The van der Waals surface area contributed by atoms with Crippen molar-refractivity contribution in [2.75, 3.05) is 19.0 Å². The van der Waals surface area contributed by atoms with Crippen LogP contribution in [0, 0.1) is 0 Å². The molecule has 3 aromatic rings. The number of carbonyl (C=O) groups is 2. The molecule has 26 heavy (non-hydrogen) atoms. The number of hydrogen-bond donors (Lipinski definition) is 1. The van der Waals surface area contributed by atoms with Crippen LogP contribution in [0.2, 0.25) is 5.02 Å². The average molecular weight is 374 g/mol. The number of para-hydroxylation sites is 1. The lowest BCUT2D eigenvalue weighted by Gasteiger charge is -2.07. The third kappa shape index (κ3) is 4.15. The first-order valence-corrected chi connectivity index (χ1v) is 8.18. The topological polar surface area (TPSA) is 77.8 Å². The van der Waals surface area contributed by atoms with Gasteiger partial charge in [0.25, 0.3) is 5.91 Å². The molecular weight excluding hydrogens is 358 g/mol. The van der Waals surface area contributed by atoms with Crippen molar-refractivity contribution in [3.63, 3.8) is 0 Å². The van der Waals surface area contributed by atoms with Crippen LogP contribution >= 0.6 is 11.6 Å². The van der Waals surface area contributed by atoms with Gasteiger partial charge >= 0.3 is 5.97 Å². The largest absolute Gasteiger partial charge is 0.497 e. The first kappa shape index (κ1) is 17.8. The second kappa shape index (κ2) is 7.93. The van der Waals surface area contributed by atoms with E-state index in [1.165, 1.54) is 6.26 Å². The summed E-state index contributed by atoms with van der Waals surface area (Å²) < 4.78 is 15.6. The molecule has 0 atom stereocenters. The number of halogens is 1. The van der Waals surface area contributed by atoms with Crippen LogP contribution in [0.4, 0.5) is 5.69 Å². The Morgan fingerprint density at radius 3 is 2.77 bits per heavy atom. The number of amides is 1. The van der Waals surface area contributed by atoms with Crippen LogP contribution in [0.25, 0.3) is 11.0 Å². The molecule has 2 aromatic carbocycles. The van der Waals surface area contributed by atoms with Crippen molar-refractivity contribution in [1.82, 2.24) is 0 Å². The van der Waals surface area contributed by atoms with Crippen LogP contribution in [0.3, 0.4) is 0 Å². The summed E-state index contributed by atoms with van der Waals surface area (Å²) in [6.07, 6.45) is 1.49. The summed E-state index contributed by atoms with van der Waals surface area (Å²) in [7, 11) is 1.57. The highest BCUT2D eigenvalue weighted by Gasteiger charge is 2.14. The lowest BCUT2D eigenvalue weighted by Crippen LogP contribution is -2.21. The van der Waals surface area contributed by atoms with Crippen molar-refractivity contribution in [2.45, 2.75) is 6.42 Å². The zero-order chi connectivity index (χ0) is 18.5. The molecule has 1 heterocycles. The van der Waals surface area contributed by atoms with E-state index < -0.39 is 18.5 Å². The number of carbonyl (C=O) groups excluding carboxylic acids is 2. The predicted octanol–water partition coefficient (Wildman–Crippen LogP) is 3.82. The van der Waals surface area contributed by atoms with Crippen molar-refractivity contribution in [3.8, 4) is 5.75 Å². The van der Waals surface area contributed by atoms with Crippen LogP contribution in [-0.4, -0.2) is 25.6 Å². The van der Waals surface area contributed by atoms with Crippen LogP contribution < -0.4 is 10.1 Å². The maximum Gasteiger partial charge on any atom is 0.310 e. The van der Waals surface area contributed by atoms with E-state index in [-0.39, 0.29) is 6.42 Å². The van der Waals surface area contributed by atoms with Gasteiger partial charge in [0.1, 0.15) is 11.3 Å². The highest BCUT2D eigenvalue weighted by atomic mass is 35.5. The van der Waals surface area contributed by atoms with E-state index in [1.54, 1.807) is 43.5 Å². The lowest BCUT2D eigenvalue weighted by molar-refractivity contribution is -0.146. The number of nitrogens with one attached hydrogen (secondary N) is 1. The fourth-order valence-electron chi connectivity index (χ4n) is 2.43. The maximum absolute atomic E-state index is 12.0. The van der Waals surface area contributed by atoms with Gasteiger partial charge in [-0.2, -0.15) is 0 Å². The van der Waals surface area contributed by atoms with Crippen LogP contribution in [0.5, 0.6) is 5.75 Å². The molecule has 0 aliphatic rings. The number of benzene rings is 2. The first-order valence-electron chi connectivity index (χ1n) is 7.81. The van der Waals surface area contributed by atoms with E-state index in [0.29, 0.717) is 27.6 Å². The quantitative estimate of drug-likeness (QED) is 0.664. The van der Waals surface area contributed by atoms with Gasteiger partial charge in [0.05, 0.1) is 30.5 Å². The summed E-state index contributed by atoms with van der Waals surface area (Å²) in [5.74, 6) is -0.330. The molecule has 0 radical (unpaired) electrons. The Balaban J connectivity index is 1.56. The molecule has 6 nitrogen and oxygen atoms in total. The zero-order valence-electron chi connectivity index (χ0n) is 14.0. The minimum absolute atomic E-state index is 0.00129. The number of fused-ring (bicyclic) bond motifs is 1. The van der Waals surface area contributed by atoms with Gasteiger partial charge in [-0.3, -0.25) is 9.59 Å². The Morgan fingerprint density at radius 2 is 2.00 bits per heavy atom. The molecule has 0 aliphatic heterocycles. The van der Waals surface area contributed by atoms with Gasteiger partial charge in [-0.15, -0.1) is 0 Å². The molecule has 0 bridgehead atoms. The molecule has 0 aliphatic carbocycles. The molecule has 0 spiro atoms. The van der Waals surface area contributed by atoms with Gasteiger partial charge in [0.15, 0.2) is 6.61 Å². The number of ether oxygens (including phenoxy) is 2. The van der Waals surface area contributed by atoms with E-state index in [1.807, 2.05) is 6.07 Å². The number of esters is 1. The zero-order valence-corrected chi connectivity index (χ0v) is 14.7. The van der Waals surface area contributed by atoms with Crippen molar-refractivity contribution >= 4 is 40.1 Å². The molecule has 0 saturated carbocycles. The summed E-state index contributed by atoms with van der Waals surface area (Å²) >= 11 is 5.96. The van der Waals surface area contributed by atoms with Crippen molar-refractivity contribution < 1.29 is 23.5 Å². The van der Waals surface area contributed by atoms with Gasteiger partial charge in [-0.05, 0) is 24.3 Å². The van der Waals surface area contributed by atoms with E-state index in [4.69, 9.17) is 25.5 Å². The summed E-state index contributed by atoms with van der Waals surface area (Å²) in [6, 6.07) is 12.1. The van der Waals surface area contributed by atoms with Crippen LogP contribution in [0.1, 0.15) is 5.56 Å². The van der Waals surface area contributed by atoms with Gasteiger partial charge in [0, 0.05) is 17.0 Å². The summed E-state index contributed by atoms with van der Waals surface area (Å²) in [4.78, 5) is 23.9. The molecule has 0 fully saturated rings. The standard InChI is InChI=1S/C19H16ClNO5/c1-24-13-6-7-14-12(10-25-17(14)9-13)8-19(23)26-11-18(22)21-16-5-3-2-4-15(16)20/h2-7,9-10H,8,11H2,1H3,(H,21,22). The number of furan rings is 1. The molecule has 1 amide bonds. The molecule has 1 N–H and O–H groups in total. The monoisotopic (exact) mass is 373 g/mol. The summed E-state index contributed by atoms with van der Waals surface area (Å²) in [6.45, 7) is -0.395. The third-order valence-electron chi connectivity index (χ3n) is 3.71. The van der Waals surface area contributed by atoms with Crippen molar-refractivity contribution in [3.05, 3.63) is 59.3 Å². The van der Waals surface area contributed by atoms with Gasteiger partial charge in [0.2, 0.25) is 0 Å². The Hall–Kier alpha value is -2.99. The highest BCUT2D eigenvalue weighted by Crippen LogP contribution is 2.26. The Morgan fingerprint density at radius 1 is 1.19 bits per heavy atom. The maximum atomic E-state index is 12.0. The molecule has 7 heteroatoms. The van der Waals surface area contributed by atoms with Crippen LogP contribution in [0.15, 0.2) is 53.1 Å². The van der Waals surface area contributed by atoms with Crippen molar-refractivity contribution in [1.29, 1.82) is 0 Å². The fraction of sp³-hybridized carbons (Fsp3) is 0.158. The van der Waals surface area contributed by atoms with E-state index in [9.17, 15) is 9.59 Å². The van der Waals surface area contributed by atoms with Gasteiger partial charge in [-0.25, -0.2) is 0 Å². The number of anilines is 1. The Labute approximate surface area is 154 Å². The Bertz CT molecular complexity index is 950. The minimum atomic E-state index is -0.530. The third-order valence-corrected chi connectivity index (χ3v) is 4.04. The van der Waals surface area contributed by atoms with Crippen LogP contribution in [-0.2, 0) is 20.7 Å². The predicted molar refractivity (Wildman–Crippen MR) is 97.5 cm³/mol. The SMILES string of the molecule is COc1ccc2c(CC(=O)OCC(=O)Nc3ccccc3Cl)coc2c1. The molecule has 0 unspecified atom stereocenters. The molecule has 1 aromatic heterocycles. The smallest absolute Gasteiger partial charge is 0.310 e. The minimum Gasteiger partial charge on any atom is -0.497 e.